The first kappa shape index (κ1) is 14.8. The lowest BCUT2D eigenvalue weighted by atomic mass is 10.2. The average molecular weight is 331 g/mol. The number of aromatic nitrogens is 2. The summed E-state index contributed by atoms with van der Waals surface area (Å²) in [4.78, 5) is 9.24. The van der Waals surface area contributed by atoms with Crippen molar-refractivity contribution in [3.05, 3.63) is 36.3 Å². The lowest BCUT2D eigenvalue weighted by Crippen LogP contribution is -2.47. The Hall–Kier alpha value is -1.77. The van der Waals surface area contributed by atoms with E-state index in [1.807, 2.05) is 25.5 Å². The summed E-state index contributed by atoms with van der Waals surface area (Å²) in [5.74, 6) is 0. The van der Waals surface area contributed by atoms with E-state index in [0.29, 0.717) is 0 Å². The van der Waals surface area contributed by atoms with E-state index in [0.717, 1.165) is 43.5 Å². The number of nitrogens with one attached hydrogen (secondary N) is 2. The van der Waals surface area contributed by atoms with Gasteiger partial charge in [0.25, 0.3) is 0 Å². The third kappa shape index (κ3) is 3.15. The number of fused-ring (bicyclic) bond motifs is 1. The van der Waals surface area contributed by atoms with Crippen LogP contribution in [0, 0.1) is 0 Å². The second kappa shape index (κ2) is 6.38. The Bertz CT molecular complexity index is 672. The van der Waals surface area contributed by atoms with E-state index >= 15 is 0 Å². The number of amidine groups is 1. The van der Waals surface area contributed by atoms with Gasteiger partial charge in [0.05, 0.1) is 0 Å². The highest BCUT2D eigenvalue weighted by Crippen LogP contribution is 2.20. The Morgan fingerprint density at radius 1 is 1.35 bits per heavy atom. The molecule has 1 atom stereocenters. The Kier molecular flexibility index (Phi) is 4.11. The highest BCUT2D eigenvalue weighted by atomic mass is 32.2. The molecule has 2 aliphatic rings. The summed E-state index contributed by atoms with van der Waals surface area (Å²) in [6, 6.07) is 4.13. The molecular weight excluding hydrogens is 310 g/mol. The van der Waals surface area contributed by atoms with E-state index in [2.05, 4.69) is 47.3 Å². The van der Waals surface area contributed by atoms with Crippen LogP contribution in [0.15, 0.2) is 35.8 Å². The van der Waals surface area contributed by atoms with Crippen molar-refractivity contribution in [2.75, 3.05) is 33.2 Å². The molecule has 0 radical (unpaired) electrons. The summed E-state index contributed by atoms with van der Waals surface area (Å²) >= 11 is 1.75. The van der Waals surface area contributed by atoms with Gasteiger partial charge in [-0.2, -0.15) is 5.10 Å². The minimum absolute atomic E-state index is 0.198. The summed E-state index contributed by atoms with van der Waals surface area (Å²) in [6.45, 7) is 5.15. The van der Waals surface area contributed by atoms with Gasteiger partial charge in [-0.25, -0.2) is 4.98 Å². The fourth-order valence-corrected chi connectivity index (χ4v) is 3.85. The number of nitrogens with zero attached hydrogens (tertiary/aromatic N) is 5. The van der Waals surface area contributed by atoms with E-state index in [9.17, 15) is 0 Å². The van der Waals surface area contributed by atoms with Crippen LogP contribution in [0.2, 0.25) is 0 Å². The van der Waals surface area contributed by atoms with Crippen LogP contribution in [0.5, 0.6) is 0 Å². The SMILES string of the molecule is CNC1NN=C(N2CCN(Cc3cc4ncccn4c3)CC2)S1. The lowest BCUT2D eigenvalue weighted by molar-refractivity contribution is 0.177. The Morgan fingerprint density at radius 2 is 2.22 bits per heavy atom. The molecule has 2 aromatic rings. The molecule has 23 heavy (non-hydrogen) atoms. The van der Waals surface area contributed by atoms with Crippen LogP contribution in [0.1, 0.15) is 5.56 Å². The first-order valence-corrected chi connectivity index (χ1v) is 8.76. The van der Waals surface area contributed by atoms with E-state index in [1.165, 1.54) is 5.56 Å². The van der Waals surface area contributed by atoms with Crippen LogP contribution in [0.3, 0.4) is 0 Å². The van der Waals surface area contributed by atoms with Crippen LogP contribution >= 0.6 is 11.8 Å². The topological polar surface area (TPSA) is 60.2 Å². The van der Waals surface area contributed by atoms with Gasteiger partial charge in [0, 0.05) is 51.3 Å². The van der Waals surface area contributed by atoms with E-state index in [-0.39, 0.29) is 5.50 Å². The second-order valence-corrected chi connectivity index (χ2v) is 6.88. The molecule has 0 spiro atoms. The molecule has 0 saturated carbocycles. The Balaban J connectivity index is 1.33. The standard InChI is InChI=1S/C15H21N7S/c1-16-14-18-19-15(23-14)21-7-5-20(6-8-21)10-12-9-13-17-3-2-4-22(13)11-12/h2-4,9,11,14,16,18H,5-8,10H2,1H3. The molecule has 7 nitrogen and oxygen atoms in total. The quantitative estimate of drug-likeness (QED) is 0.857. The van der Waals surface area contributed by atoms with E-state index < -0.39 is 0 Å². The first-order chi connectivity index (χ1) is 11.3. The van der Waals surface area contributed by atoms with Crippen molar-refractivity contribution in [1.29, 1.82) is 0 Å². The van der Waals surface area contributed by atoms with Crippen LogP contribution < -0.4 is 10.7 Å². The molecule has 2 aromatic heterocycles. The van der Waals surface area contributed by atoms with Gasteiger partial charge >= 0.3 is 0 Å². The molecule has 1 unspecified atom stereocenters. The minimum atomic E-state index is 0.198. The summed E-state index contributed by atoms with van der Waals surface area (Å²) in [7, 11) is 1.94. The van der Waals surface area contributed by atoms with Crippen LogP contribution in [0.25, 0.3) is 5.65 Å². The molecular formula is C15H21N7S. The molecule has 2 N–H and O–H groups in total. The third-order valence-electron chi connectivity index (χ3n) is 4.24. The molecule has 8 heteroatoms. The maximum Gasteiger partial charge on any atom is 0.186 e. The lowest BCUT2D eigenvalue weighted by Gasteiger charge is -2.35. The summed E-state index contributed by atoms with van der Waals surface area (Å²) in [5, 5.41) is 8.69. The number of hydrogen-bond acceptors (Lipinski definition) is 7. The van der Waals surface area contributed by atoms with Crippen molar-refractivity contribution in [2.45, 2.75) is 12.0 Å². The Morgan fingerprint density at radius 3 is 2.96 bits per heavy atom. The zero-order valence-corrected chi connectivity index (χ0v) is 14.0. The monoisotopic (exact) mass is 331 g/mol. The van der Waals surface area contributed by atoms with Gasteiger partial charge in [-0.3, -0.25) is 15.6 Å². The van der Waals surface area contributed by atoms with Crippen molar-refractivity contribution in [3.63, 3.8) is 0 Å². The molecule has 1 fully saturated rings. The number of rotatable bonds is 3. The largest absolute Gasteiger partial charge is 0.347 e. The predicted octanol–water partition coefficient (Wildman–Crippen LogP) is 0.562. The van der Waals surface area contributed by atoms with E-state index in [4.69, 9.17) is 0 Å². The van der Waals surface area contributed by atoms with Gasteiger partial charge in [-0.1, -0.05) is 0 Å². The van der Waals surface area contributed by atoms with Gasteiger partial charge < -0.3 is 9.30 Å². The highest BCUT2D eigenvalue weighted by molar-refractivity contribution is 8.14. The van der Waals surface area contributed by atoms with Crippen molar-refractivity contribution < 1.29 is 0 Å². The summed E-state index contributed by atoms with van der Waals surface area (Å²) in [5.41, 5.74) is 5.63. The number of hydrogen-bond donors (Lipinski definition) is 2. The number of piperazine rings is 1. The first-order valence-electron chi connectivity index (χ1n) is 7.88. The van der Waals surface area contributed by atoms with Crippen molar-refractivity contribution >= 4 is 22.6 Å². The molecule has 0 aromatic carbocycles. The maximum atomic E-state index is 4.41. The Labute approximate surface area is 139 Å². The van der Waals surface area contributed by atoms with Crippen molar-refractivity contribution in [3.8, 4) is 0 Å². The van der Waals surface area contributed by atoms with E-state index in [1.54, 1.807) is 11.8 Å². The van der Waals surface area contributed by atoms with Crippen LogP contribution in [0.4, 0.5) is 0 Å². The zero-order valence-electron chi connectivity index (χ0n) is 13.1. The summed E-state index contributed by atoms with van der Waals surface area (Å²) in [6.07, 6.45) is 6.06. The fourth-order valence-electron chi connectivity index (χ4n) is 2.98. The van der Waals surface area contributed by atoms with Crippen LogP contribution in [-0.2, 0) is 6.54 Å². The molecule has 4 rings (SSSR count). The molecule has 4 heterocycles. The van der Waals surface area contributed by atoms with Crippen molar-refractivity contribution in [2.24, 2.45) is 5.10 Å². The van der Waals surface area contributed by atoms with Gasteiger partial charge in [-0.05, 0) is 36.5 Å². The fraction of sp³-hybridized carbons (Fsp3) is 0.467. The van der Waals surface area contributed by atoms with Gasteiger partial charge in [0.1, 0.15) is 11.1 Å². The molecule has 0 aliphatic carbocycles. The highest BCUT2D eigenvalue weighted by Gasteiger charge is 2.26. The van der Waals surface area contributed by atoms with Gasteiger partial charge in [0.15, 0.2) is 5.17 Å². The summed E-state index contributed by atoms with van der Waals surface area (Å²) < 4.78 is 2.08. The third-order valence-corrected chi connectivity index (χ3v) is 5.37. The maximum absolute atomic E-state index is 4.41. The number of hydrazone groups is 1. The normalized spacial score (nSPS) is 22.4. The zero-order chi connectivity index (χ0) is 15.6. The molecule has 0 bridgehead atoms. The molecule has 122 valence electrons. The van der Waals surface area contributed by atoms with Gasteiger partial charge in [-0.15, -0.1) is 0 Å². The molecule has 0 amide bonds. The minimum Gasteiger partial charge on any atom is -0.347 e. The molecule has 1 saturated heterocycles. The van der Waals surface area contributed by atoms with Crippen molar-refractivity contribution in [1.82, 2.24) is 29.9 Å². The predicted molar refractivity (Wildman–Crippen MR) is 93.1 cm³/mol. The van der Waals surface area contributed by atoms with Crippen LogP contribution in [-0.4, -0.2) is 63.1 Å². The number of thioether (sulfide) groups is 1. The average Bonchev–Trinajstić information content (AvgIpc) is 3.21. The van der Waals surface area contributed by atoms with Gasteiger partial charge in [0.2, 0.25) is 0 Å². The molecule has 2 aliphatic heterocycles. The second-order valence-electron chi connectivity index (χ2n) is 5.81. The smallest absolute Gasteiger partial charge is 0.186 e.